The Morgan fingerprint density at radius 1 is 1.26 bits per heavy atom. The summed E-state index contributed by atoms with van der Waals surface area (Å²) in [5.74, 6) is -0.718. The first-order valence-corrected chi connectivity index (χ1v) is 8.57. The molecule has 1 saturated heterocycles. The van der Waals surface area contributed by atoms with Gasteiger partial charge in [-0.1, -0.05) is 12.1 Å². The summed E-state index contributed by atoms with van der Waals surface area (Å²) in [4.78, 5) is 31.0. The number of thiazole rings is 1. The first-order chi connectivity index (χ1) is 11.1. The molecule has 3 rings (SSSR count). The lowest BCUT2D eigenvalue weighted by atomic mass is 9.99. The van der Waals surface area contributed by atoms with E-state index in [1.54, 1.807) is 35.6 Å². The zero-order valence-electron chi connectivity index (χ0n) is 13.0. The van der Waals surface area contributed by atoms with Gasteiger partial charge in [0.2, 0.25) is 5.91 Å². The third-order valence-electron chi connectivity index (χ3n) is 4.11. The van der Waals surface area contributed by atoms with E-state index >= 15 is 0 Å². The lowest BCUT2D eigenvalue weighted by Crippen LogP contribution is -2.39. The Hall–Kier alpha value is -2.21. The van der Waals surface area contributed by atoms with Crippen LogP contribution in [0.2, 0.25) is 0 Å². The minimum atomic E-state index is -0.576. The Morgan fingerprint density at radius 2 is 2.00 bits per heavy atom. The molecule has 0 bridgehead atoms. The summed E-state index contributed by atoms with van der Waals surface area (Å²) < 4.78 is 0. The summed E-state index contributed by atoms with van der Waals surface area (Å²) in [5.41, 5.74) is 7.03. The molecule has 1 aliphatic heterocycles. The lowest BCUT2D eigenvalue weighted by molar-refractivity contribution is 0.0607. The fraction of sp³-hybridized carbons (Fsp3) is 0.353. The number of primary amides is 1. The van der Waals surface area contributed by atoms with E-state index in [1.807, 2.05) is 17.2 Å². The van der Waals surface area contributed by atoms with Crippen LogP contribution in [0, 0.1) is 6.92 Å². The highest BCUT2D eigenvalue weighted by atomic mass is 32.1. The summed E-state index contributed by atoms with van der Waals surface area (Å²) in [6.07, 6.45) is 2.94. The quantitative estimate of drug-likeness (QED) is 0.940. The van der Waals surface area contributed by atoms with E-state index in [9.17, 15) is 9.59 Å². The molecule has 1 fully saturated rings. The molecule has 2 amide bonds. The Bertz CT molecular complexity index is 741. The number of amides is 2. The lowest BCUT2D eigenvalue weighted by Gasteiger charge is -2.35. The smallest absolute Gasteiger partial charge is 0.255 e. The fourth-order valence-electron chi connectivity index (χ4n) is 3.00. The number of nitrogens with two attached hydrogens (primary N) is 1. The number of aromatic nitrogens is 1. The zero-order chi connectivity index (χ0) is 16.4. The predicted octanol–water partition coefficient (Wildman–Crippen LogP) is 2.92. The monoisotopic (exact) mass is 329 g/mol. The highest BCUT2D eigenvalue weighted by molar-refractivity contribution is 7.09. The fourth-order valence-corrected chi connectivity index (χ4v) is 3.94. The second-order valence-electron chi connectivity index (χ2n) is 5.75. The molecule has 23 heavy (non-hydrogen) atoms. The van der Waals surface area contributed by atoms with Gasteiger partial charge in [0.25, 0.3) is 5.91 Å². The van der Waals surface area contributed by atoms with Crippen LogP contribution in [0.15, 0.2) is 29.6 Å². The topological polar surface area (TPSA) is 76.3 Å². The van der Waals surface area contributed by atoms with Crippen LogP contribution in [0.4, 0.5) is 0 Å². The van der Waals surface area contributed by atoms with Crippen molar-refractivity contribution in [3.05, 3.63) is 51.5 Å². The van der Waals surface area contributed by atoms with Gasteiger partial charge in [-0.2, -0.15) is 0 Å². The summed E-state index contributed by atoms with van der Waals surface area (Å²) >= 11 is 1.59. The normalized spacial score (nSPS) is 18.0. The maximum absolute atomic E-state index is 13.0. The molecule has 1 aliphatic rings. The minimum absolute atomic E-state index is 0.0177. The van der Waals surface area contributed by atoms with Crippen molar-refractivity contribution in [1.82, 2.24) is 9.88 Å². The van der Waals surface area contributed by atoms with Crippen molar-refractivity contribution < 1.29 is 9.59 Å². The van der Waals surface area contributed by atoms with Crippen LogP contribution in [0.1, 0.15) is 56.7 Å². The average molecular weight is 329 g/mol. The van der Waals surface area contributed by atoms with E-state index in [1.165, 1.54) is 0 Å². The Balaban J connectivity index is 1.95. The van der Waals surface area contributed by atoms with Crippen molar-refractivity contribution in [2.45, 2.75) is 32.2 Å². The number of rotatable bonds is 3. The molecule has 1 aromatic carbocycles. The number of carbonyl (C=O) groups excluding carboxylic acids is 2. The van der Waals surface area contributed by atoms with Gasteiger partial charge in [0.1, 0.15) is 5.01 Å². The second-order valence-corrected chi connectivity index (χ2v) is 6.64. The summed E-state index contributed by atoms with van der Waals surface area (Å²) in [7, 11) is 0. The van der Waals surface area contributed by atoms with Gasteiger partial charge in [0.05, 0.1) is 17.2 Å². The van der Waals surface area contributed by atoms with E-state index in [0.717, 1.165) is 30.0 Å². The molecule has 120 valence electrons. The molecular weight excluding hydrogens is 310 g/mol. The van der Waals surface area contributed by atoms with Crippen molar-refractivity contribution in [2.75, 3.05) is 6.54 Å². The number of carbonyl (C=O) groups is 2. The molecule has 6 heteroatoms. The van der Waals surface area contributed by atoms with Crippen molar-refractivity contribution in [3.63, 3.8) is 0 Å². The first kappa shape index (κ1) is 15.7. The Labute approximate surface area is 139 Å². The molecule has 5 nitrogen and oxygen atoms in total. The second kappa shape index (κ2) is 6.50. The third-order valence-corrected chi connectivity index (χ3v) is 5.17. The molecule has 0 spiro atoms. The van der Waals surface area contributed by atoms with Crippen molar-refractivity contribution in [2.24, 2.45) is 5.73 Å². The SMILES string of the molecule is Cc1csc(C2CCCCN2C(=O)c2ccccc2C(N)=O)n1. The molecule has 0 saturated carbocycles. The standard InChI is InChI=1S/C17H19N3O2S/c1-11-10-23-16(19-11)14-8-4-5-9-20(14)17(22)13-7-3-2-6-12(13)15(18)21/h2-3,6-7,10,14H,4-5,8-9H2,1H3,(H2,18,21). The van der Waals surface area contributed by atoms with Crippen LogP contribution < -0.4 is 5.73 Å². The van der Waals surface area contributed by atoms with E-state index < -0.39 is 5.91 Å². The van der Waals surface area contributed by atoms with Crippen LogP contribution in [0.3, 0.4) is 0 Å². The van der Waals surface area contributed by atoms with Crippen molar-refractivity contribution >= 4 is 23.2 Å². The van der Waals surface area contributed by atoms with Gasteiger partial charge in [0.15, 0.2) is 0 Å². The van der Waals surface area contributed by atoms with Gasteiger partial charge in [-0.3, -0.25) is 9.59 Å². The molecule has 1 aromatic heterocycles. The Morgan fingerprint density at radius 3 is 2.65 bits per heavy atom. The number of hydrogen-bond donors (Lipinski definition) is 1. The van der Waals surface area contributed by atoms with Gasteiger partial charge >= 0.3 is 0 Å². The van der Waals surface area contributed by atoms with Crippen LogP contribution in [-0.2, 0) is 0 Å². The molecule has 0 radical (unpaired) electrons. The number of likely N-dealkylation sites (tertiary alicyclic amines) is 1. The van der Waals surface area contributed by atoms with Gasteiger partial charge in [-0.25, -0.2) is 4.98 Å². The number of benzene rings is 1. The van der Waals surface area contributed by atoms with Gasteiger partial charge < -0.3 is 10.6 Å². The van der Waals surface area contributed by atoms with E-state index in [4.69, 9.17) is 5.73 Å². The number of aryl methyl sites for hydroxylation is 1. The van der Waals surface area contributed by atoms with Gasteiger partial charge in [-0.05, 0) is 38.3 Å². The zero-order valence-corrected chi connectivity index (χ0v) is 13.8. The maximum atomic E-state index is 13.0. The van der Waals surface area contributed by atoms with Gasteiger partial charge in [-0.15, -0.1) is 11.3 Å². The highest BCUT2D eigenvalue weighted by Crippen LogP contribution is 2.34. The van der Waals surface area contributed by atoms with E-state index in [-0.39, 0.29) is 17.5 Å². The molecule has 0 aliphatic carbocycles. The average Bonchev–Trinajstić information content (AvgIpc) is 3.00. The summed E-state index contributed by atoms with van der Waals surface area (Å²) in [5, 5.41) is 2.97. The highest BCUT2D eigenvalue weighted by Gasteiger charge is 2.31. The number of hydrogen-bond acceptors (Lipinski definition) is 4. The van der Waals surface area contributed by atoms with Crippen molar-refractivity contribution in [1.29, 1.82) is 0 Å². The molecule has 2 aromatic rings. The van der Waals surface area contributed by atoms with Crippen LogP contribution in [0.25, 0.3) is 0 Å². The first-order valence-electron chi connectivity index (χ1n) is 7.69. The summed E-state index contributed by atoms with van der Waals surface area (Å²) in [6, 6.07) is 6.72. The molecular formula is C17H19N3O2S. The largest absolute Gasteiger partial charge is 0.366 e. The predicted molar refractivity (Wildman–Crippen MR) is 89.4 cm³/mol. The van der Waals surface area contributed by atoms with Crippen LogP contribution >= 0.6 is 11.3 Å². The van der Waals surface area contributed by atoms with Crippen molar-refractivity contribution in [3.8, 4) is 0 Å². The van der Waals surface area contributed by atoms with Gasteiger partial charge in [0, 0.05) is 17.6 Å². The summed E-state index contributed by atoms with van der Waals surface area (Å²) in [6.45, 7) is 2.63. The minimum Gasteiger partial charge on any atom is -0.366 e. The van der Waals surface area contributed by atoms with E-state index in [0.29, 0.717) is 12.1 Å². The maximum Gasteiger partial charge on any atom is 0.255 e. The van der Waals surface area contributed by atoms with E-state index in [2.05, 4.69) is 4.98 Å². The van der Waals surface area contributed by atoms with Crippen LogP contribution in [0.5, 0.6) is 0 Å². The number of nitrogens with zero attached hydrogens (tertiary/aromatic N) is 2. The third kappa shape index (κ3) is 3.12. The van der Waals surface area contributed by atoms with Crippen LogP contribution in [-0.4, -0.2) is 28.2 Å². The molecule has 2 N–H and O–H groups in total. The molecule has 1 atom stereocenters. The number of piperidine rings is 1. The Kier molecular flexibility index (Phi) is 4.43. The molecule has 2 heterocycles. The molecule has 1 unspecified atom stereocenters.